The monoisotopic (exact) mass is 344 g/mol. The quantitative estimate of drug-likeness (QED) is 0.697. The van der Waals surface area contributed by atoms with Crippen LogP contribution in [0.2, 0.25) is 0 Å². The van der Waals surface area contributed by atoms with Crippen molar-refractivity contribution in [2.45, 2.75) is 36.2 Å². The molecule has 1 saturated carbocycles. The summed E-state index contributed by atoms with van der Waals surface area (Å²) in [6, 6.07) is 8.32. The highest BCUT2D eigenvalue weighted by molar-refractivity contribution is 7.98. The van der Waals surface area contributed by atoms with Gasteiger partial charge in [-0.25, -0.2) is 0 Å². The Morgan fingerprint density at radius 2 is 2.26 bits per heavy atom. The molecule has 0 radical (unpaired) electrons. The predicted molar refractivity (Wildman–Crippen MR) is 92.0 cm³/mol. The molecule has 1 aliphatic carbocycles. The lowest BCUT2D eigenvalue weighted by Crippen LogP contribution is -2.05. The second kappa shape index (κ2) is 6.33. The van der Waals surface area contributed by atoms with E-state index in [0.717, 1.165) is 28.7 Å². The first-order chi connectivity index (χ1) is 11.3. The van der Waals surface area contributed by atoms with Gasteiger partial charge in [0.1, 0.15) is 5.82 Å². The lowest BCUT2D eigenvalue weighted by molar-refractivity contribution is 0.635. The van der Waals surface area contributed by atoms with Gasteiger partial charge in [0, 0.05) is 35.4 Å². The fourth-order valence-electron chi connectivity index (χ4n) is 2.52. The molecule has 0 aliphatic heterocycles. The van der Waals surface area contributed by atoms with Crippen LogP contribution in [0.5, 0.6) is 0 Å². The molecule has 0 amide bonds. The molecule has 0 aromatic carbocycles. The molecule has 1 N–H and O–H groups in total. The van der Waals surface area contributed by atoms with Gasteiger partial charge in [0.05, 0.1) is 0 Å². The number of nitrogens with one attached hydrogen (secondary N) is 1. The van der Waals surface area contributed by atoms with E-state index in [1.807, 2.05) is 6.07 Å². The van der Waals surface area contributed by atoms with Crippen molar-refractivity contribution in [2.75, 3.05) is 0 Å². The van der Waals surface area contributed by atoms with Crippen LogP contribution in [0.4, 0.5) is 0 Å². The molecular formula is C16H16N4OS2. The minimum Gasteiger partial charge on any atom is -0.329 e. The molecule has 3 heterocycles. The molecule has 0 bridgehead atoms. The third-order valence-corrected chi connectivity index (χ3v) is 5.66. The number of thiophene rings is 1. The van der Waals surface area contributed by atoms with E-state index >= 15 is 0 Å². The van der Waals surface area contributed by atoms with Crippen molar-refractivity contribution in [1.82, 2.24) is 19.7 Å². The number of aromatic nitrogens is 4. The summed E-state index contributed by atoms with van der Waals surface area (Å²) in [5, 5.41) is 11.9. The molecule has 0 spiro atoms. The number of aromatic amines is 1. The summed E-state index contributed by atoms with van der Waals surface area (Å²) < 4.78 is 2.29. The zero-order chi connectivity index (χ0) is 15.6. The molecule has 1 aliphatic rings. The van der Waals surface area contributed by atoms with Crippen molar-refractivity contribution in [3.05, 3.63) is 62.5 Å². The minimum atomic E-state index is -0.0647. The maximum Gasteiger partial charge on any atom is 0.248 e. The molecule has 3 aromatic heterocycles. The fourth-order valence-corrected chi connectivity index (χ4v) is 4.19. The molecule has 118 valence electrons. The largest absolute Gasteiger partial charge is 0.329 e. The lowest BCUT2D eigenvalue weighted by atomic mass is 10.3. The van der Waals surface area contributed by atoms with Gasteiger partial charge < -0.3 is 9.55 Å². The Bertz CT molecular complexity index is 849. The van der Waals surface area contributed by atoms with Crippen molar-refractivity contribution in [2.24, 2.45) is 0 Å². The van der Waals surface area contributed by atoms with Gasteiger partial charge in [-0.2, -0.15) is 0 Å². The summed E-state index contributed by atoms with van der Waals surface area (Å²) in [7, 11) is 0. The first kappa shape index (κ1) is 14.7. The van der Waals surface area contributed by atoms with Crippen molar-refractivity contribution < 1.29 is 0 Å². The van der Waals surface area contributed by atoms with Crippen molar-refractivity contribution >= 4 is 23.1 Å². The first-order valence-electron chi connectivity index (χ1n) is 7.56. The molecule has 0 atom stereocenters. The molecular weight excluding hydrogens is 328 g/mol. The average Bonchev–Trinajstić information content (AvgIpc) is 3.10. The zero-order valence-corrected chi connectivity index (χ0v) is 14.1. The number of thioether (sulfide) groups is 1. The van der Waals surface area contributed by atoms with Gasteiger partial charge in [-0.1, -0.05) is 17.8 Å². The van der Waals surface area contributed by atoms with Crippen LogP contribution in [0.25, 0.3) is 0 Å². The lowest BCUT2D eigenvalue weighted by Gasteiger charge is -2.08. The van der Waals surface area contributed by atoms with Crippen LogP contribution in [-0.4, -0.2) is 19.7 Å². The Hall–Kier alpha value is -1.86. The van der Waals surface area contributed by atoms with Crippen LogP contribution in [0.15, 0.2) is 45.8 Å². The average molecular weight is 344 g/mol. The van der Waals surface area contributed by atoms with Crippen molar-refractivity contribution in [3.63, 3.8) is 0 Å². The highest BCUT2D eigenvalue weighted by Gasteiger charge is 2.29. The molecule has 23 heavy (non-hydrogen) atoms. The standard InChI is InChI=1S/C16H16N4OS2/c21-15-8-11(5-6-17-15)10-23-16-19-18-14(20(16)12-3-4-12)9-13-2-1-7-22-13/h1-2,5-8,12H,3-4,9-10H2,(H,17,21). The third kappa shape index (κ3) is 3.40. The number of hydrogen-bond donors (Lipinski definition) is 1. The topological polar surface area (TPSA) is 63.6 Å². The van der Waals surface area contributed by atoms with E-state index in [1.54, 1.807) is 35.4 Å². The van der Waals surface area contributed by atoms with E-state index in [9.17, 15) is 4.79 Å². The Balaban J connectivity index is 1.54. The normalized spacial score (nSPS) is 14.3. The SMILES string of the molecule is O=c1cc(CSc2nnc(Cc3cccs3)n2C2CC2)cc[nH]1. The highest BCUT2D eigenvalue weighted by atomic mass is 32.2. The molecule has 5 nitrogen and oxygen atoms in total. The maximum absolute atomic E-state index is 11.4. The Morgan fingerprint density at radius 3 is 3.00 bits per heavy atom. The summed E-state index contributed by atoms with van der Waals surface area (Å²) in [5.41, 5.74) is 0.939. The van der Waals surface area contributed by atoms with Gasteiger partial charge in [0.15, 0.2) is 5.16 Å². The Kier molecular flexibility index (Phi) is 4.05. The molecule has 3 aromatic rings. The van der Waals surface area contributed by atoms with Crippen LogP contribution >= 0.6 is 23.1 Å². The molecule has 0 saturated heterocycles. The van der Waals surface area contributed by atoms with E-state index < -0.39 is 0 Å². The number of nitrogens with zero attached hydrogens (tertiary/aromatic N) is 3. The van der Waals surface area contributed by atoms with Crippen molar-refractivity contribution in [1.29, 1.82) is 0 Å². The summed E-state index contributed by atoms with van der Waals surface area (Å²) in [5.74, 6) is 1.77. The summed E-state index contributed by atoms with van der Waals surface area (Å²) in [6.07, 6.45) is 4.93. The van der Waals surface area contributed by atoms with Gasteiger partial charge in [0.25, 0.3) is 0 Å². The van der Waals surface area contributed by atoms with Crippen LogP contribution in [-0.2, 0) is 12.2 Å². The van der Waals surface area contributed by atoms with Crippen LogP contribution in [0.1, 0.15) is 35.1 Å². The second-order valence-electron chi connectivity index (χ2n) is 5.61. The van der Waals surface area contributed by atoms with E-state index in [2.05, 4.69) is 37.3 Å². The summed E-state index contributed by atoms with van der Waals surface area (Å²) in [6.45, 7) is 0. The number of H-pyrrole nitrogens is 1. The minimum absolute atomic E-state index is 0.0647. The predicted octanol–water partition coefficient (Wildman–Crippen LogP) is 3.25. The van der Waals surface area contributed by atoms with Crippen LogP contribution in [0.3, 0.4) is 0 Å². The van der Waals surface area contributed by atoms with E-state index in [1.165, 1.54) is 17.7 Å². The van der Waals surface area contributed by atoms with Gasteiger partial charge >= 0.3 is 0 Å². The zero-order valence-electron chi connectivity index (χ0n) is 12.4. The first-order valence-corrected chi connectivity index (χ1v) is 9.43. The van der Waals surface area contributed by atoms with Crippen LogP contribution < -0.4 is 5.56 Å². The van der Waals surface area contributed by atoms with E-state index in [0.29, 0.717) is 6.04 Å². The van der Waals surface area contributed by atoms with Gasteiger partial charge in [-0.15, -0.1) is 21.5 Å². The summed E-state index contributed by atoms with van der Waals surface area (Å²) in [4.78, 5) is 15.3. The molecule has 1 fully saturated rings. The van der Waals surface area contributed by atoms with Crippen LogP contribution in [0, 0.1) is 0 Å². The second-order valence-corrected chi connectivity index (χ2v) is 7.58. The molecule has 4 rings (SSSR count). The molecule has 0 unspecified atom stereocenters. The van der Waals surface area contributed by atoms with Crippen molar-refractivity contribution in [3.8, 4) is 0 Å². The number of hydrogen-bond acceptors (Lipinski definition) is 5. The van der Waals surface area contributed by atoms with E-state index in [-0.39, 0.29) is 5.56 Å². The summed E-state index contributed by atoms with van der Waals surface area (Å²) >= 11 is 3.40. The smallest absolute Gasteiger partial charge is 0.248 e. The highest BCUT2D eigenvalue weighted by Crippen LogP contribution is 2.39. The number of pyridine rings is 1. The van der Waals surface area contributed by atoms with Gasteiger partial charge in [-0.3, -0.25) is 4.79 Å². The van der Waals surface area contributed by atoms with E-state index in [4.69, 9.17) is 0 Å². The third-order valence-electron chi connectivity index (χ3n) is 3.77. The Morgan fingerprint density at radius 1 is 1.35 bits per heavy atom. The number of rotatable bonds is 6. The Labute approximate surface area is 141 Å². The van der Waals surface area contributed by atoms with Gasteiger partial charge in [-0.05, 0) is 35.9 Å². The maximum atomic E-state index is 11.4. The van der Waals surface area contributed by atoms with Gasteiger partial charge in [0.2, 0.25) is 5.56 Å². The fraction of sp³-hybridized carbons (Fsp3) is 0.312. The molecule has 7 heteroatoms.